The summed E-state index contributed by atoms with van der Waals surface area (Å²) < 4.78 is 5.63. The largest absolute Gasteiger partial charge is 0.492 e. The van der Waals surface area contributed by atoms with Gasteiger partial charge in [0.25, 0.3) is 5.69 Å². The van der Waals surface area contributed by atoms with Crippen LogP contribution in [0.1, 0.15) is 11.1 Å². The molecule has 0 bridgehead atoms. The number of nitrogens with zero attached hydrogens (tertiary/aromatic N) is 1. The molecule has 0 radical (unpaired) electrons. The molecule has 0 aromatic heterocycles. The van der Waals surface area contributed by atoms with Gasteiger partial charge in [0.05, 0.1) is 4.92 Å². The molecule has 0 aliphatic heterocycles. The van der Waals surface area contributed by atoms with Crippen molar-refractivity contribution in [3.05, 3.63) is 63.7 Å². The minimum Gasteiger partial charge on any atom is -0.492 e. The maximum absolute atomic E-state index is 10.7. The maximum atomic E-state index is 10.7. The molecule has 21 heavy (non-hydrogen) atoms. The molecule has 0 aliphatic rings. The molecule has 0 unspecified atom stereocenters. The molecule has 0 heterocycles. The van der Waals surface area contributed by atoms with Crippen LogP contribution >= 0.6 is 0 Å². The lowest BCUT2D eigenvalue weighted by atomic mass is 10.2. The number of rotatable bonds is 6. The van der Waals surface area contributed by atoms with Crippen LogP contribution in [0.2, 0.25) is 0 Å². The van der Waals surface area contributed by atoms with Gasteiger partial charge < -0.3 is 10.1 Å². The zero-order valence-corrected chi connectivity index (χ0v) is 12.1. The summed E-state index contributed by atoms with van der Waals surface area (Å²) in [5.74, 6) is 0.844. The minimum absolute atomic E-state index is 0.136. The van der Waals surface area contributed by atoms with Gasteiger partial charge in [-0.2, -0.15) is 0 Å². The van der Waals surface area contributed by atoms with Crippen LogP contribution in [0.15, 0.2) is 42.5 Å². The van der Waals surface area contributed by atoms with Crippen LogP contribution < -0.4 is 10.1 Å². The van der Waals surface area contributed by atoms with Gasteiger partial charge in [-0.15, -0.1) is 0 Å². The van der Waals surface area contributed by atoms with Gasteiger partial charge in [0.15, 0.2) is 0 Å². The quantitative estimate of drug-likeness (QED) is 0.499. The first kappa shape index (κ1) is 14.8. The standard InChI is InChI=1S/C16H18N2O3/c1-12-4-3-5-15(10-12)21-9-8-17-14-6-7-16(18(19)20)13(2)11-14/h3-7,10-11,17H,8-9H2,1-2H3. The van der Waals surface area contributed by atoms with Crippen molar-refractivity contribution >= 4 is 11.4 Å². The lowest BCUT2D eigenvalue weighted by Gasteiger charge is -2.09. The second-order valence-electron chi connectivity index (χ2n) is 4.85. The average Bonchev–Trinajstić information content (AvgIpc) is 2.43. The molecule has 0 aliphatic carbocycles. The van der Waals surface area contributed by atoms with Gasteiger partial charge in [-0.25, -0.2) is 0 Å². The first-order chi connectivity index (χ1) is 10.1. The van der Waals surface area contributed by atoms with Crippen molar-refractivity contribution in [3.63, 3.8) is 0 Å². The fourth-order valence-electron chi connectivity index (χ4n) is 2.04. The Hall–Kier alpha value is -2.56. The summed E-state index contributed by atoms with van der Waals surface area (Å²) in [5, 5.41) is 13.9. The Morgan fingerprint density at radius 1 is 1.19 bits per heavy atom. The highest BCUT2D eigenvalue weighted by molar-refractivity contribution is 5.53. The molecule has 5 nitrogen and oxygen atoms in total. The molecule has 2 aromatic rings. The van der Waals surface area contributed by atoms with Gasteiger partial charge in [0, 0.05) is 23.9 Å². The Bertz CT molecular complexity index is 641. The number of hydrogen-bond donors (Lipinski definition) is 1. The second kappa shape index (κ2) is 6.74. The molecule has 0 saturated carbocycles. The Balaban J connectivity index is 1.84. The third kappa shape index (κ3) is 4.21. The highest BCUT2D eigenvalue weighted by Crippen LogP contribution is 2.21. The normalized spacial score (nSPS) is 10.2. The van der Waals surface area contributed by atoms with Crippen LogP contribution in [-0.2, 0) is 0 Å². The predicted octanol–water partition coefficient (Wildman–Crippen LogP) is 3.70. The van der Waals surface area contributed by atoms with Gasteiger partial charge in [-0.3, -0.25) is 10.1 Å². The zero-order valence-electron chi connectivity index (χ0n) is 12.1. The summed E-state index contributed by atoms with van der Waals surface area (Å²) in [6, 6.07) is 12.9. The van der Waals surface area contributed by atoms with Crippen LogP contribution in [-0.4, -0.2) is 18.1 Å². The Kier molecular flexibility index (Phi) is 4.77. The molecular formula is C16H18N2O3. The van der Waals surface area contributed by atoms with E-state index in [0.717, 1.165) is 17.0 Å². The number of benzene rings is 2. The molecule has 2 aromatic carbocycles. The number of ether oxygens (including phenoxy) is 1. The monoisotopic (exact) mass is 286 g/mol. The van der Waals surface area contributed by atoms with Crippen molar-refractivity contribution in [2.24, 2.45) is 0 Å². The summed E-state index contributed by atoms with van der Waals surface area (Å²) in [6.07, 6.45) is 0. The SMILES string of the molecule is Cc1cccc(OCCNc2ccc([N+](=O)[O-])c(C)c2)c1. The molecule has 0 spiro atoms. The zero-order chi connectivity index (χ0) is 15.2. The number of hydrogen-bond acceptors (Lipinski definition) is 4. The Morgan fingerprint density at radius 3 is 2.67 bits per heavy atom. The van der Waals surface area contributed by atoms with E-state index in [-0.39, 0.29) is 10.6 Å². The van der Waals surface area contributed by atoms with Gasteiger partial charge >= 0.3 is 0 Å². The number of anilines is 1. The molecule has 0 fully saturated rings. The van der Waals surface area contributed by atoms with Crippen LogP contribution in [0, 0.1) is 24.0 Å². The molecule has 0 amide bonds. The van der Waals surface area contributed by atoms with Crippen LogP contribution in [0.3, 0.4) is 0 Å². The van der Waals surface area contributed by atoms with E-state index in [9.17, 15) is 10.1 Å². The Morgan fingerprint density at radius 2 is 2.00 bits per heavy atom. The van der Waals surface area contributed by atoms with Crippen LogP contribution in [0.4, 0.5) is 11.4 Å². The van der Waals surface area contributed by atoms with E-state index in [1.165, 1.54) is 6.07 Å². The summed E-state index contributed by atoms with van der Waals surface area (Å²) >= 11 is 0. The van der Waals surface area contributed by atoms with Crippen LogP contribution in [0.5, 0.6) is 5.75 Å². The lowest BCUT2D eigenvalue weighted by Crippen LogP contribution is -2.11. The molecule has 2 rings (SSSR count). The summed E-state index contributed by atoms with van der Waals surface area (Å²) in [7, 11) is 0. The van der Waals surface area contributed by atoms with Crippen molar-refractivity contribution in [1.29, 1.82) is 0 Å². The van der Waals surface area contributed by atoms with Crippen molar-refractivity contribution in [3.8, 4) is 5.75 Å². The Labute approximate surface area is 123 Å². The van der Waals surface area contributed by atoms with E-state index in [2.05, 4.69) is 5.32 Å². The summed E-state index contributed by atoms with van der Waals surface area (Å²) in [4.78, 5) is 10.4. The molecule has 5 heteroatoms. The van der Waals surface area contributed by atoms with Crippen LogP contribution in [0.25, 0.3) is 0 Å². The second-order valence-corrected chi connectivity index (χ2v) is 4.85. The number of nitro groups is 1. The van der Waals surface area contributed by atoms with Gasteiger partial charge in [-0.05, 0) is 43.7 Å². The fourth-order valence-corrected chi connectivity index (χ4v) is 2.04. The van der Waals surface area contributed by atoms with Gasteiger partial charge in [0.2, 0.25) is 0 Å². The highest BCUT2D eigenvalue weighted by atomic mass is 16.6. The minimum atomic E-state index is -0.375. The van der Waals surface area contributed by atoms with Crippen molar-refractivity contribution in [2.45, 2.75) is 13.8 Å². The molecule has 0 atom stereocenters. The topological polar surface area (TPSA) is 64.4 Å². The molecule has 110 valence electrons. The highest BCUT2D eigenvalue weighted by Gasteiger charge is 2.09. The number of nitrogens with one attached hydrogen (secondary N) is 1. The lowest BCUT2D eigenvalue weighted by molar-refractivity contribution is -0.385. The number of nitro benzene ring substituents is 1. The van der Waals surface area contributed by atoms with E-state index in [0.29, 0.717) is 18.7 Å². The van der Waals surface area contributed by atoms with E-state index >= 15 is 0 Å². The first-order valence-corrected chi connectivity index (χ1v) is 6.74. The maximum Gasteiger partial charge on any atom is 0.272 e. The fraction of sp³-hybridized carbons (Fsp3) is 0.250. The van der Waals surface area contributed by atoms with E-state index in [1.807, 2.05) is 31.2 Å². The third-order valence-corrected chi connectivity index (χ3v) is 3.08. The summed E-state index contributed by atoms with van der Waals surface area (Å²) in [5.41, 5.74) is 2.79. The third-order valence-electron chi connectivity index (χ3n) is 3.08. The van der Waals surface area contributed by atoms with Gasteiger partial charge in [-0.1, -0.05) is 12.1 Å². The summed E-state index contributed by atoms with van der Waals surface area (Å²) in [6.45, 7) is 4.90. The van der Waals surface area contributed by atoms with Crippen molar-refractivity contribution in [1.82, 2.24) is 0 Å². The number of aryl methyl sites for hydroxylation is 2. The van der Waals surface area contributed by atoms with E-state index in [1.54, 1.807) is 19.1 Å². The smallest absolute Gasteiger partial charge is 0.272 e. The van der Waals surface area contributed by atoms with Crippen molar-refractivity contribution in [2.75, 3.05) is 18.5 Å². The van der Waals surface area contributed by atoms with E-state index < -0.39 is 0 Å². The van der Waals surface area contributed by atoms with Gasteiger partial charge in [0.1, 0.15) is 12.4 Å². The molecular weight excluding hydrogens is 268 g/mol. The molecule has 0 saturated heterocycles. The first-order valence-electron chi connectivity index (χ1n) is 6.74. The predicted molar refractivity (Wildman–Crippen MR) is 83.0 cm³/mol. The average molecular weight is 286 g/mol. The molecule has 1 N–H and O–H groups in total. The van der Waals surface area contributed by atoms with E-state index in [4.69, 9.17) is 4.74 Å². The van der Waals surface area contributed by atoms with Crippen molar-refractivity contribution < 1.29 is 9.66 Å².